The van der Waals surface area contributed by atoms with Crippen LogP contribution in [-0.4, -0.2) is 36.4 Å². The van der Waals surface area contributed by atoms with Crippen LogP contribution in [0.3, 0.4) is 0 Å². The lowest BCUT2D eigenvalue weighted by atomic mass is 10.1. The fraction of sp³-hybridized carbons (Fsp3) is 0.250. The maximum Gasteiger partial charge on any atom is 0.179 e. The van der Waals surface area contributed by atoms with Crippen molar-refractivity contribution in [1.29, 1.82) is 0 Å². The molecule has 1 N–H and O–H groups in total. The topological polar surface area (TPSA) is 45.3 Å². The molecule has 4 heteroatoms. The third kappa shape index (κ3) is 3.34. The highest BCUT2D eigenvalue weighted by atomic mass is 16.5. The number of para-hydroxylation sites is 1. The number of aryl methyl sites for hydroxylation is 1. The number of nitrogens with one attached hydrogen (secondary N) is 1. The number of aromatic nitrogens is 1. The van der Waals surface area contributed by atoms with Gasteiger partial charge < -0.3 is 9.72 Å². The van der Waals surface area contributed by atoms with Crippen molar-refractivity contribution >= 4 is 16.7 Å². The lowest BCUT2D eigenvalue weighted by Gasteiger charge is -2.16. The first kappa shape index (κ1) is 16.3. The van der Waals surface area contributed by atoms with Gasteiger partial charge in [0.1, 0.15) is 5.75 Å². The summed E-state index contributed by atoms with van der Waals surface area (Å²) in [6, 6.07) is 15.9. The number of rotatable bonds is 6. The van der Waals surface area contributed by atoms with Gasteiger partial charge in [-0.15, -0.1) is 0 Å². The number of Topliss-reactive ketones (excluding diaryl/α,β-unsaturated/α-hetero) is 1. The predicted octanol–water partition coefficient (Wildman–Crippen LogP) is 3.80. The summed E-state index contributed by atoms with van der Waals surface area (Å²) in [6.07, 6.45) is 0. The molecule has 0 fully saturated rings. The molecule has 0 aliphatic heterocycles. The SMILES string of the molecule is COc1cccc(CN(C)CC(=O)c2c(C)[nH]c3ccccc23)c1. The minimum atomic E-state index is 0.135. The summed E-state index contributed by atoms with van der Waals surface area (Å²) >= 11 is 0. The zero-order valence-corrected chi connectivity index (χ0v) is 14.3. The molecule has 0 aliphatic rings. The van der Waals surface area contributed by atoms with Crippen molar-refractivity contribution in [3.8, 4) is 5.75 Å². The summed E-state index contributed by atoms with van der Waals surface area (Å²) in [6.45, 7) is 3.03. The van der Waals surface area contributed by atoms with Gasteiger partial charge in [-0.05, 0) is 37.7 Å². The van der Waals surface area contributed by atoms with E-state index >= 15 is 0 Å². The first-order chi connectivity index (χ1) is 11.6. The Hall–Kier alpha value is -2.59. The van der Waals surface area contributed by atoms with Crippen LogP contribution >= 0.6 is 0 Å². The third-order valence-corrected chi connectivity index (χ3v) is 4.17. The Balaban J connectivity index is 1.74. The van der Waals surface area contributed by atoms with E-state index in [1.165, 1.54) is 0 Å². The molecule has 24 heavy (non-hydrogen) atoms. The Morgan fingerprint density at radius 3 is 2.75 bits per heavy atom. The largest absolute Gasteiger partial charge is 0.497 e. The Morgan fingerprint density at radius 1 is 1.17 bits per heavy atom. The van der Waals surface area contributed by atoms with Gasteiger partial charge in [-0.2, -0.15) is 0 Å². The Kier molecular flexibility index (Phi) is 4.67. The minimum absolute atomic E-state index is 0.135. The van der Waals surface area contributed by atoms with Crippen molar-refractivity contribution in [3.05, 3.63) is 65.4 Å². The molecule has 1 aromatic heterocycles. The summed E-state index contributed by atoms with van der Waals surface area (Å²) in [7, 11) is 3.62. The van der Waals surface area contributed by atoms with E-state index in [1.54, 1.807) is 7.11 Å². The number of aromatic amines is 1. The Morgan fingerprint density at radius 2 is 1.96 bits per heavy atom. The zero-order valence-electron chi connectivity index (χ0n) is 14.3. The van der Waals surface area contributed by atoms with E-state index in [-0.39, 0.29) is 5.78 Å². The standard InChI is InChI=1S/C20H22N2O2/c1-14-20(17-9-4-5-10-18(17)21-14)19(23)13-22(2)12-15-7-6-8-16(11-15)24-3/h4-11,21H,12-13H2,1-3H3. The maximum absolute atomic E-state index is 12.8. The van der Waals surface area contributed by atoms with Gasteiger partial charge in [0, 0.05) is 28.7 Å². The van der Waals surface area contributed by atoms with Gasteiger partial charge in [0.05, 0.1) is 13.7 Å². The highest BCUT2D eigenvalue weighted by molar-refractivity contribution is 6.10. The molecule has 0 unspecified atom stereocenters. The first-order valence-corrected chi connectivity index (χ1v) is 8.00. The fourth-order valence-electron chi connectivity index (χ4n) is 3.10. The molecule has 0 amide bonds. The molecule has 2 aromatic carbocycles. The molecule has 0 radical (unpaired) electrons. The van der Waals surface area contributed by atoms with Crippen LogP contribution in [0.1, 0.15) is 21.6 Å². The van der Waals surface area contributed by atoms with Crippen LogP contribution < -0.4 is 4.74 Å². The van der Waals surface area contributed by atoms with Crippen molar-refractivity contribution in [2.45, 2.75) is 13.5 Å². The lowest BCUT2D eigenvalue weighted by Crippen LogP contribution is -2.25. The van der Waals surface area contributed by atoms with Crippen LogP contribution in [0, 0.1) is 6.92 Å². The quantitative estimate of drug-likeness (QED) is 0.702. The van der Waals surface area contributed by atoms with Crippen LogP contribution in [0.4, 0.5) is 0 Å². The van der Waals surface area contributed by atoms with Crippen LogP contribution in [0.5, 0.6) is 5.75 Å². The van der Waals surface area contributed by atoms with E-state index in [0.29, 0.717) is 13.1 Å². The Labute approximate surface area is 142 Å². The van der Waals surface area contributed by atoms with E-state index in [9.17, 15) is 4.79 Å². The van der Waals surface area contributed by atoms with Gasteiger partial charge >= 0.3 is 0 Å². The average Bonchev–Trinajstić information content (AvgIpc) is 2.90. The molecule has 0 atom stereocenters. The lowest BCUT2D eigenvalue weighted by molar-refractivity contribution is 0.0944. The number of ether oxygens (including phenoxy) is 1. The molecule has 3 aromatic rings. The van der Waals surface area contributed by atoms with Gasteiger partial charge in [0.2, 0.25) is 0 Å². The van der Waals surface area contributed by atoms with Crippen LogP contribution in [0.25, 0.3) is 10.9 Å². The molecular formula is C20H22N2O2. The normalized spacial score (nSPS) is 11.2. The van der Waals surface area contributed by atoms with Crippen molar-refractivity contribution in [3.63, 3.8) is 0 Å². The van der Waals surface area contributed by atoms with E-state index in [1.807, 2.05) is 67.4 Å². The number of H-pyrrole nitrogens is 1. The smallest absolute Gasteiger partial charge is 0.179 e. The van der Waals surface area contributed by atoms with Crippen molar-refractivity contribution in [2.24, 2.45) is 0 Å². The van der Waals surface area contributed by atoms with Crippen molar-refractivity contribution in [1.82, 2.24) is 9.88 Å². The summed E-state index contributed by atoms with van der Waals surface area (Å²) < 4.78 is 5.25. The van der Waals surface area contributed by atoms with Gasteiger partial charge in [0.25, 0.3) is 0 Å². The molecule has 0 saturated carbocycles. The van der Waals surface area contributed by atoms with Gasteiger partial charge in [-0.1, -0.05) is 30.3 Å². The van der Waals surface area contributed by atoms with Gasteiger partial charge in [-0.3, -0.25) is 9.69 Å². The van der Waals surface area contributed by atoms with Crippen LogP contribution in [0.15, 0.2) is 48.5 Å². The molecular weight excluding hydrogens is 300 g/mol. The number of hydrogen-bond donors (Lipinski definition) is 1. The summed E-state index contributed by atoms with van der Waals surface area (Å²) in [5.41, 5.74) is 3.85. The number of hydrogen-bond acceptors (Lipinski definition) is 3. The van der Waals surface area contributed by atoms with Crippen molar-refractivity contribution < 1.29 is 9.53 Å². The second-order valence-corrected chi connectivity index (χ2v) is 6.12. The second-order valence-electron chi connectivity index (χ2n) is 6.12. The molecule has 124 valence electrons. The highest BCUT2D eigenvalue weighted by Crippen LogP contribution is 2.22. The number of ketones is 1. The summed E-state index contributed by atoms with van der Waals surface area (Å²) in [5.74, 6) is 0.968. The molecule has 3 rings (SSSR count). The van der Waals surface area contributed by atoms with Gasteiger partial charge in [0.15, 0.2) is 5.78 Å². The fourth-order valence-corrected chi connectivity index (χ4v) is 3.10. The highest BCUT2D eigenvalue weighted by Gasteiger charge is 2.17. The third-order valence-electron chi connectivity index (χ3n) is 4.17. The summed E-state index contributed by atoms with van der Waals surface area (Å²) in [4.78, 5) is 18.1. The number of carbonyl (C=O) groups excluding carboxylic acids is 1. The van der Waals surface area contributed by atoms with Crippen LogP contribution in [-0.2, 0) is 6.54 Å². The number of nitrogens with zero attached hydrogens (tertiary/aromatic N) is 1. The number of likely N-dealkylation sites (N-methyl/N-ethyl adjacent to an activating group) is 1. The minimum Gasteiger partial charge on any atom is -0.497 e. The summed E-state index contributed by atoms with van der Waals surface area (Å²) in [5, 5.41) is 0.995. The molecule has 0 spiro atoms. The molecule has 4 nitrogen and oxygen atoms in total. The monoisotopic (exact) mass is 322 g/mol. The predicted molar refractivity (Wildman–Crippen MR) is 96.7 cm³/mol. The van der Waals surface area contributed by atoms with E-state index in [0.717, 1.165) is 33.5 Å². The number of benzene rings is 2. The maximum atomic E-state index is 12.8. The number of fused-ring (bicyclic) bond motifs is 1. The van der Waals surface area contributed by atoms with E-state index in [4.69, 9.17) is 4.74 Å². The van der Waals surface area contributed by atoms with E-state index < -0.39 is 0 Å². The van der Waals surface area contributed by atoms with Crippen molar-refractivity contribution in [2.75, 3.05) is 20.7 Å². The molecule has 0 bridgehead atoms. The molecule has 1 heterocycles. The first-order valence-electron chi connectivity index (χ1n) is 8.00. The average molecular weight is 322 g/mol. The van der Waals surface area contributed by atoms with E-state index in [2.05, 4.69) is 4.98 Å². The number of carbonyl (C=O) groups is 1. The molecule has 0 aliphatic carbocycles. The Bertz CT molecular complexity index is 867. The zero-order chi connectivity index (χ0) is 17.1. The van der Waals surface area contributed by atoms with Crippen LogP contribution in [0.2, 0.25) is 0 Å². The number of methoxy groups -OCH3 is 1. The van der Waals surface area contributed by atoms with Gasteiger partial charge in [-0.25, -0.2) is 0 Å². The molecule has 0 saturated heterocycles. The second kappa shape index (κ2) is 6.89.